The van der Waals surface area contributed by atoms with Crippen LogP contribution in [0.15, 0.2) is 42.5 Å². The molecule has 3 rings (SSSR count). The summed E-state index contributed by atoms with van der Waals surface area (Å²) in [5.74, 6) is 0. The Labute approximate surface area is 137 Å². The molecule has 4 heteroatoms. The normalized spacial score (nSPS) is 20.3. The van der Waals surface area contributed by atoms with Crippen molar-refractivity contribution in [2.24, 2.45) is 0 Å². The van der Waals surface area contributed by atoms with Crippen LogP contribution in [0, 0.1) is 0 Å². The van der Waals surface area contributed by atoms with Crippen molar-refractivity contribution in [1.29, 1.82) is 0 Å². The minimum atomic E-state index is -0.454. The Balaban J connectivity index is 1.51. The van der Waals surface area contributed by atoms with Gasteiger partial charge in [0.2, 0.25) is 0 Å². The second-order valence-corrected chi connectivity index (χ2v) is 7.11. The number of hydrogen-bond donors (Lipinski definition) is 2. The SMILES string of the molecule is CC(C)(C)OC(=O)NC1CC1NCc1cccc2ccccc12. The third kappa shape index (κ3) is 4.23. The lowest BCUT2D eigenvalue weighted by Crippen LogP contribution is -2.36. The van der Waals surface area contributed by atoms with Crippen LogP contribution in [0.2, 0.25) is 0 Å². The molecule has 2 N–H and O–H groups in total. The van der Waals surface area contributed by atoms with Gasteiger partial charge in [-0.1, -0.05) is 42.5 Å². The van der Waals surface area contributed by atoms with E-state index in [4.69, 9.17) is 4.74 Å². The highest BCUT2D eigenvalue weighted by Crippen LogP contribution is 2.24. The number of carbonyl (C=O) groups excluding carboxylic acids is 1. The zero-order chi connectivity index (χ0) is 16.4. The first kappa shape index (κ1) is 15.8. The van der Waals surface area contributed by atoms with Crippen molar-refractivity contribution in [2.45, 2.75) is 51.4 Å². The van der Waals surface area contributed by atoms with Crippen LogP contribution in [0.1, 0.15) is 32.8 Å². The molecule has 0 radical (unpaired) electrons. The van der Waals surface area contributed by atoms with Crippen molar-refractivity contribution in [2.75, 3.05) is 0 Å². The number of alkyl carbamates (subject to hydrolysis) is 1. The number of amides is 1. The summed E-state index contributed by atoms with van der Waals surface area (Å²) in [6, 6.07) is 15.2. The molecule has 2 aromatic carbocycles. The summed E-state index contributed by atoms with van der Waals surface area (Å²) in [5.41, 5.74) is 0.830. The number of rotatable bonds is 4. The molecular formula is C19H24N2O2. The molecule has 0 spiro atoms. The fraction of sp³-hybridized carbons (Fsp3) is 0.421. The number of fused-ring (bicyclic) bond motifs is 1. The molecule has 1 saturated carbocycles. The molecule has 1 amide bonds. The molecule has 0 aromatic heterocycles. The molecular weight excluding hydrogens is 288 g/mol. The fourth-order valence-corrected chi connectivity index (χ4v) is 2.73. The summed E-state index contributed by atoms with van der Waals surface area (Å²) in [5, 5.41) is 8.96. The van der Waals surface area contributed by atoms with Crippen molar-refractivity contribution >= 4 is 16.9 Å². The first-order valence-corrected chi connectivity index (χ1v) is 8.12. The van der Waals surface area contributed by atoms with Gasteiger partial charge in [-0.05, 0) is 43.5 Å². The van der Waals surface area contributed by atoms with E-state index in [-0.39, 0.29) is 12.1 Å². The van der Waals surface area contributed by atoms with Gasteiger partial charge >= 0.3 is 6.09 Å². The molecule has 1 aliphatic carbocycles. The van der Waals surface area contributed by atoms with E-state index >= 15 is 0 Å². The Bertz CT molecular complexity index is 701. The maximum atomic E-state index is 11.7. The van der Waals surface area contributed by atoms with E-state index in [0.29, 0.717) is 6.04 Å². The van der Waals surface area contributed by atoms with Crippen LogP contribution in [-0.4, -0.2) is 23.8 Å². The van der Waals surface area contributed by atoms with E-state index in [0.717, 1.165) is 13.0 Å². The van der Waals surface area contributed by atoms with Crippen LogP contribution in [0.5, 0.6) is 0 Å². The van der Waals surface area contributed by atoms with Crippen LogP contribution in [0.25, 0.3) is 10.8 Å². The molecule has 0 heterocycles. The molecule has 2 aromatic rings. The molecule has 1 aliphatic rings. The zero-order valence-corrected chi connectivity index (χ0v) is 13.9. The summed E-state index contributed by atoms with van der Waals surface area (Å²) in [6.07, 6.45) is 0.612. The Morgan fingerprint density at radius 2 is 1.87 bits per heavy atom. The topological polar surface area (TPSA) is 50.4 Å². The van der Waals surface area contributed by atoms with E-state index in [1.807, 2.05) is 20.8 Å². The van der Waals surface area contributed by atoms with Crippen LogP contribution >= 0.6 is 0 Å². The second-order valence-electron chi connectivity index (χ2n) is 7.11. The number of carbonyl (C=O) groups is 1. The largest absolute Gasteiger partial charge is 0.444 e. The smallest absolute Gasteiger partial charge is 0.407 e. The first-order valence-electron chi connectivity index (χ1n) is 8.12. The maximum Gasteiger partial charge on any atom is 0.407 e. The van der Waals surface area contributed by atoms with Crippen molar-refractivity contribution in [3.63, 3.8) is 0 Å². The highest BCUT2D eigenvalue weighted by atomic mass is 16.6. The van der Waals surface area contributed by atoms with Crippen molar-refractivity contribution < 1.29 is 9.53 Å². The fourth-order valence-electron chi connectivity index (χ4n) is 2.73. The number of nitrogens with one attached hydrogen (secondary N) is 2. The van der Waals surface area contributed by atoms with Gasteiger partial charge < -0.3 is 15.4 Å². The van der Waals surface area contributed by atoms with Gasteiger partial charge in [-0.2, -0.15) is 0 Å². The Hall–Kier alpha value is -2.07. The van der Waals surface area contributed by atoms with E-state index in [1.165, 1.54) is 16.3 Å². The summed E-state index contributed by atoms with van der Waals surface area (Å²) in [6.45, 7) is 6.42. The average Bonchev–Trinajstić information content (AvgIpc) is 3.21. The van der Waals surface area contributed by atoms with Crippen LogP contribution < -0.4 is 10.6 Å². The van der Waals surface area contributed by atoms with Gasteiger partial charge in [0.25, 0.3) is 0 Å². The minimum Gasteiger partial charge on any atom is -0.444 e. The Morgan fingerprint density at radius 1 is 1.13 bits per heavy atom. The van der Waals surface area contributed by atoms with Gasteiger partial charge in [-0.25, -0.2) is 4.79 Å². The molecule has 1 fully saturated rings. The molecule has 23 heavy (non-hydrogen) atoms. The van der Waals surface area contributed by atoms with Crippen LogP contribution in [0.4, 0.5) is 4.79 Å². The molecule has 122 valence electrons. The van der Waals surface area contributed by atoms with Gasteiger partial charge in [0.05, 0.1) is 0 Å². The second kappa shape index (κ2) is 6.20. The lowest BCUT2D eigenvalue weighted by atomic mass is 10.0. The first-order chi connectivity index (χ1) is 10.9. The summed E-state index contributed by atoms with van der Waals surface area (Å²) >= 11 is 0. The highest BCUT2D eigenvalue weighted by Gasteiger charge is 2.38. The molecule has 0 saturated heterocycles. The summed E-state index contributed by atoms with van der Waals surface area (Å²) < 4.78 is 5.28. The van der Waals surface area contributed by atoms with Gasteiger partial charge in [-0.3, -0.25) is 0 Å². The Kier molecular flexibility index (Phi) is 4.26. The van der Waals surface area contributed by atoms with E-state index < -0.39 is 5.60 Å². The van der Waals surface area contributed by atoms with Crippen molar-refractivity contribution in [3.05, 3.63) is 48.0 Å². The minimum absolute atomic E-state index is 0.167. The van der Waals surface area contributed by atoms with Gasteiger partial charge in [0.15, 0.2) is 0 Å². The van der Waals surface area contributed by atoms with E-state index in [1.54, 1.807) is 0 Å². The van der Waals surface area contributed by atoms with Gasteiger partial charge in [0, 0.05) is 18.6 Å². The predicted octanol–water partition coefficient (Wildman–Crippen LogP) is 3.60. The lowest BCUT2D eigenvalue weighted by molar-refractivity contribution is 0.0522. The molecule has 0 bridgehead atoms. The molecule has 4 nitrogen and oxygen atoms in total. The van der Waals surface area contributed by atoms with Gasteiger partial charge in [-0.15, -0.1) is 0 Å². The number of hydrogen-bond acceptors (Lipinski definition) is 3. The third-order valence-corrected chi connectivity index (χ3v) is 3.93. The highest BCUT2D eigenvalue weighted by molar-refractivity contribution is 5.85. The van der Waals surface area contributed by atoms with Crippen molar-refractivity contribution in [1.82, 2.24) is 10.6 Å². The number of ether oxygens (including phenoxy) is 1. The lowest BCUT2D eigenvalue weighted by Gasteiger charge is -2.19. The standard InChI is InChI=1S/C19H24N2O2/c1-19(2,3)23-18(22)21-17-11-16(17)20-12-14-9-6-8-13-7-4-5-10-15(13)14/h4-10,16-17,20H,11-12H2,1-3H3,(H,21,22). The summed E-state index contributed by atoms with van der Waals surface area (Å²) in [7, 11) is 0. The monoisotopic (exact) mass is 312 g/mol. The predicted molar refractivity (Wildman–Crippen MR) is 92.4 cm³/mol. The maximum absolute atomic E-state index is 11.7. The number of benzene rings is 2. The molecule has 2 unspecified atom stereocenters. The third-order valence-electron chi connectivity index (χ3n) is 3.93. The zero-order valence-electron chi connectivity index (χ0n) is 13.9. The molecule has 2 atom stereocenters. The average molecular weight is 312 g/mol. The van der Waals surface area contributed by atoms with Crippen LogP contribution in [0.3, 0.4) is 0 Å². The quantitative estimate of drug-likeness (QED) is 0.907. The Morgan fingerprint density at radius 3 is 2.65 bits per heavy atom. The van der Waals surface area contributed by atoms with Crippen LogP contribution in [-0.2, 0) is 11.3 Å². The van der Waals surface area contributed by atoms with Crippen molar-refractivity contribution in [3.8, 4) is 0 Å². The van der Waals surface area contributed by atoms with E-state index in [2.05, 4.69) is 53.1 Å². The summed E-state index contributed by atoms with van der Waals surface area (Å²) in [4.78, 5) is 11.7. The van der Waals surface area contributed by atoms with Gasteiger partial charge in [0.1, 0.15) is 5.60 Å². The molecule has 0 aliphatic heterocycles. The van der Waals surface area contributed by atoms with E-state index in [9.17, 15) is 4.79 Å².